The molecule has 0 heterocycles. The van der Waals surface area contributed by atoms with Gasteiger partial charge in [-0.25, -0.2) is 0 Å². The Kier molecular flexibility index (Phi) is 4.83. The molecule has 124 valence electrons. The molecule has 0 spiro atoms. The molecule has 23 heavy (non-hydrogen) atoms. The minimum absolute atomic E-state index is 0.0789. The predicted molar refractivity (Wildman–Crippen MR) is 80.6 cm³/mol. The molecule has 8 heteroatoms. The monoisotopic (exact) mass is 322 g/mol. The molecule has 1 saturated carbocycles. The zero-order valence-corrected chi connectivity index (χ0v) is 12.9. The van der Waals surface area contributed by atoms with Crippen molar-refractivity contribution in [2.24, 2.45) is 5.92 Å². The Morgan fingerprint density at radius 2 is 2.09 bits per heavy atom. The Labute approximate surface area is 132 Å². The molecule has 2 N–H and O–H groups in total. The Hall–Kier alpha value is -2.64. The molecule has 1 aromatic carbocycles. The molecule has 0 saturated heterocycles. The van der Waals surface area contributed by atoms with E-state index in [4.69, 9.17) is 9.84 Å². The number of benzene rings is 1. The number of carboxylic acid groups (broad SMARTS) is 1. The van der Waals surface area contributed by atoms with Gasteiger partial charge < -0.3 is 15.2 Å². The molecule has 1 aliphatic rings. The van der Waals surface area contributed by atoms with Gasteiger partial charge in [-0.1, -0.05) is 6.42 Å². The van der Waals surface area contributed by atoms with Crippen LogP contribution in [0.3, 0.4) is 0 Å². The summed E-state index contributed by atoms with van der Waals surface area (Å²) in [6, 6.07) is 2.13. The second-order valence-electron chi connectivity index (χ2n) is 5.54. The lowest BCUT2D eigenvalue weighted by Gasteiger charge is -2.18. The Bertz CT molecular complexity index is 658. The molecule has 0 aromatic heterocycles. The maximum atomic E-state index is 12.3. The fourth-order valence-corrected chi connectivity index (χ4v) is 2.89. The molecule has 1 amide bonds. The number of nitrogens with zero attached hydrogens (tertiary/aromatic N) is 1. The topological polar surface area (TPSA) is 119 Å². The smallest absolute Gasteiger partial charge is 0.308 e. The summed E-state index contributed by atoms with van der Waals surface area (Å²) in [6.07, 6.45) is 1.81. The van der Waals surface area contributed by atoms with Crippen molar-refractivity contribution < 1.29 is 24.4 Å². The normalized spacial score (nSPS) is 20.1. The third-order valence-electron chi connectivity index (χ3n) is 4.16. The average Bonchev–Trinajstić information content (AvgIpc) is 2.95. The van der Waals surface area contributed by atoms with Gasteiger partial charge in [0.1, 0.15) is 5.75 Å². The van der Waals surface area contributed by atoms with E-state index in [2.05, 4.69) is 5.32 Å². The number of nitro benzene ring substituents is 1. The van der Waals surface area contributed by atoms with Crippen LogP contribution in [0.5, 0.6) is 5.75 Å². The van der Waals surface area contributed by atoms with Crippen LogP contribution in [0.15, 0.2) is 12.1 Å². The number of carbonyl (C=O) groups is 2. The summed E-state index contributed by atoms with van der Waals surface area (Å²) in [5.41, 5.74) is 0.198. The van der Waals surface area contributed by atoms with E-state index in [9.17, 15) is 19.7 Å². The highest BCUT2D eigenvalue weighted by atomic mass is 16.6. The number of carboxylic acids is 1. The lowest BCUT2D eigenvalue weighted by molar-refractivity contribution is -0.385. The quantitative estimate of drug-likeness (QED) is 0.631. The largest absolute Gasteiger partial charge is 0.496 e. The lowest BCUT2D eigenvalue weighted by Crippen LogP contribution is -2.40. The van der Waals surface area contributed by atoms with Gasteiger partial charge in [-0.3, -0.25) is 19.7 Å². The van der Waals surface area contributed by atoms with Gasteiger partial charge in [0.25, 0.3) is 11.6 Å². The van der Waals surface area contributed by atoms with Gasteiger partial charge in [-0.2, -0.15) is 0 Å². The third kappa shape index (κ3) is 3.41. The standard InChI is InChI=1S/C15H18N2O6/c1-8-12(17(21)22)6-9(7-13(8)23-2)14(18)16-11-5-3-4-10(11)15(19)20/h6-7,10-11H,3-5H2,1-2H3,(H,16,18)(H,19,20)/t10-,11+/m0/s1. The van der Waals surface area contributed by atoms with Gasteiger partial charge in [0.05, 0.1) is 23.5 Å². The molecule has 0 unspecified atom stereocenters. The van der Waals surface area contributed by atoms with Crippen molar-refractivity contribution in [3.8, 4) is 5.75 Å². The number of methoxy groups -OCH3 is 1. The van der Waals surface area contributed by atoms with E-state index in [1.54, 1.807) is 0 Å². The molecule has 1 aromatic rings. The Morgan fingerprint density at radius 3 is 2.65 bits per heavy atom. The molecule has 0 aliphatic heterocycles. The van der Waals surface area contributed by atoms with Crippen LogP contribution >= 0.6 is 0 Å². The molecule has 1 aliphatic carbocycles. The molecule has 0 bridgehead atoms. The molecule has 8 nitrogen and oxygen atoms in total. The second kappa shape index (κ2) is 6.64. The van der Waals surface area contributed by atoms with Crippen molar-refractivity contribution in [1.29, 1.82) is 0 Å². The van der Waals surface area contributed by atoms with Crippen LogP contribution in [0.4, 0.5) is 5.69 Å². The summed E-state index contributed by atoms with van der Waals surface area (Å²) in [5.74, 6) is -1.86. The van der Waals surface area contributed by atoms with E-state index in [-0.39, 0.29) is 17.0 Å². The summed E-state index contributed by atoms with van der Waals surface area (Å²) in [4.78, 5) is 34.0. The number of hydrogen-bond acceptors (Lipinski definition) is 5. The van der Waals surface area contributed by atoms with E-state index >= 15 is 0 Å². The summed E-state index contributed by atoms with van der Waals surface area (Å²) < 4.78 is 5.08. The van der Waals surface area contributed by atoms with Gasteiger partial charge >= 0.3 is 5.97 Å². The van der Waals surface area contributed by atoms with Crippen molar-refractivity contribution in [2.75, 3.05) is 7.11 Å². The highest BCUT2D eigenvalue weighted by Crippen LogP contribution is 2.30. The highest BCUT2D eigenvalue weighted by molar-refractivity contribution is 5.96. The summed E-state index contributed by atoms with van der Waals surface area (Å²) in [7, 11) is 1.37. The van der Waals surface area contributed by atoms with E-state index in [0.717, 1.165) is 6.42 Å². The summed E-state index contributed by atoms with van der Waals surface area (Å²) in [5, 5.41) is 22.9. The fourth-order valence-electron chi connectivity index (χ4n) is 2.89. The number of hydrogen-bond donors (Lipinski definition) is 2. The minimum atomic E-state index is -0.944. The number of ether oxygens (including phenoxy) is 1. The highest BCUT2D eigenvalue weighted by Gasteiger charge is 2.34. The van der Waals surface area contributed by atoms with Crippen molar-refractivity contribution in [3.63, 3.8) is 0 Å². The summed E-state index contributed by atoms with van der Waals surface area (Å²) in [6.45, 7) is 1.54. The number of amides is 1. The van der Waals surface area contributed by atoms with Crippen LogP contribution in [0, 0.1) is 23.0 Å². The van der Waals surface area contributed by atoms with Crippen LogP contribution in [0.25, 0.3) is 0 Å². The summed E-state index contributed by atoms with van der Waals surface area (Å²) >= 11 is 0. The van der Waals surface area contributed by atoms with Crippen LogP contribution < -0.4 is 10.1 Å². The van der Waals surface area contributed by atoms with Crippen LogP contribution in [0.2, 0.25) is 0 Å². The van der Waals surface area contributed by atoms with Gasteiger partial charge in [-0.05, 0) is 25.8 Å². The molecular weight excluding hydrogens is 304 g/mol. The minimum Gasteiger partial charge on any atom is -0.496 e. The van der Waals surface area contributed by atoms with Crippen molar-refractivity contribution in [2.45, 2.75) is 32.2 Å². The number of nitrogens with one attached hydrogen (secondary N) is 1. The van der Waals surface area contributed by atoms with Gasteiger partial charge in [0.2, 0.25) is 0 Å². The number of rotatable bonds is 5. The Morgan fingerprint density at radius 1 is 1.39 bits per heavy atom. The van der Waals surface area contributed by atoms with Crippen LogP contribution in [-0.2, 0) is 4.79 Å². The van der Waals surface area contributed by atoms with E-state index in [1.807, 2.05) is 0 Å². The first-order chi connectivity index (χ1) is 10.8. The van der Waals surface area contributed by atoms with Crippen molar-refractivity contribution in [3.05, 3.63) is 33.4 Å². The lowest BCUT2D eigenvalue weighted by atomic mass is 10.0. The number of nitro groups is 1. The maximum absolute atomic E-state index is 12.3. The van der Waals surface area contributed by atoms with Gasteiger partial charge in [0.15, 0.2) is 0 Å². The SMILES string of the molecule is COc1cc(C(=O)N[C@@H]2CCC[C@@H]2C(=O)O)cc([N+](=O)[O-])c1C. The average molecular weight is 322 g/mol. The number of carbonyl (C=O) groups excluding carboxylic acids is 1. The molecule has 1 fully saturated rings. The first-order valence-electron chi connectivity index (χ1n) is 7.21. The maximum Gasteiger partial charge on any atom is 0.308 e. The molecule has 2 rings (SSSR count). The predicted octanol–water partition coefficient (Wildman–Crippen LogP) is 1.89. The molecular formula is C15H18N2O6. The molecule has 0 radical (unpaired) electrons. The van der Waals surface area contributed by atoms with Gasteiger partial charge in [-0.15, -0.1) is 0 Å². The Balaban J connectivity index is 2.27. The second-order valence-corrected chi connectivity index (χ2v) is 5.54. The van der Waals surface area contributed by atoms with Crippen molar-refractivity contribution >= 4 is 17.6 Å². The third-order valence-corrected chi connectivity index (χ3v) is 4.16. The van der Waals surface area contributed by atoms with E-state index in [0.29, 0.717) is 18.4 Å². The zero-order valence-electron chi connectivity index (χ0n) is 12.9. The van der Waals surface area contributed by atoms with Gasteiger partial charge in [0, 0.05) is 17.7 Å². The van der Waals surface area contributed by atoms with Crippen molar-refractivity contribution in [1.82, 2.24) is 5.32 Å². The van der Waals surface area contributed by atoms with Crippen LogP contribution in [-0.4, -0.2) is 35.1 Å². The van der Waals surface area contributed by atoms with E-state index < -0.39 is 28.8 Å². The first kappa shape index (κ1) is 16.7. The fraction of sp³-hybridized carbons (Fsp3) is 0.467. The van der Waals surface area contributed by atoms with Crippen LogP contribution in [0.1, 0.15) is 35.2 Å². The number of aliphatic carboxylic acids is 1. The first-order valence-corrected chi connectivity index (χ1v) is 7.21. The molecule has 2 atom stereocenters. The van der Waals surface area contributed by atoms with E-state index in [1.165, 1.54) is 26.2 Å². The zero-order chi connectivity index (χ0) is 17.1.